The molecule has 0 aromatic heterocycles. The maximum absolute atomic E-state index is 5.60. The van der Waals surface area contributed by atoms with E-state index in [1.54, 1.807) is 11.8 Å². The smallest absolute Gasteiger partial charge is 0.132 e. The van der Waals surface area contributed by atoms with Crippen LogP contribution < -0.4 is 10.5 Å². The summed E-state index contributed by atoms with van der Waals surface area (Å²) in [4.78, 5) is 1.16. The van der Waals surface area contributed by atoms with Gasteiger partial charge in [0.1, 0.15) is 12.4 Å². The van der Waals surface area contributed by atoms with Gasteiger partial charge in [-0.05, 0) is 25.3 Å². The van der Waals surface area contributed by atoms with Crippen LogP contribution in [0.15, 0.2) is 29.2 Å². The van der Waals surface area contributed by atoms with Gasteiger partial charge in [-0.15, -0.1) is 11.8 Å². The number of hydrogen-bond donors (Lipinski definition) is 1. The van der Waals surface area contributed by atoms with Gasteiger partial charge in [-0.25, -0.2) is 0 Å². The van der Waals surface area contributed by atoms with Gasteiger partial charge in [-0.3, -0.25) is 0 Å². The molecule has 0 heterocycles. The monoisotopic (exact) mass is 197 g/mol. The Morgan fingerprint density at radius 2 is 2.15 bits per heavy atom. The third-order valence-electron chi connectivity index (χ3n) is 1.57. The number of hydrogen-bond acceptors (Lipinski definition) is 3. The SMILES string of the molecule is CSc1ccccc1OCC(C)N. The topological polar surface area (TPSA) is 35.2 Å². The number of rotatable bonds is 4. The van der Waals surface area contributed by atoms with Crippen LogP contribution in [0.4, 0.5) is 0 Å². The van der Waals surface area contributed by atoms with Crippen molar-refractivity contribution in [2.45, 2.75) is 17.9 Å². The van der Waals surface area contributed by atoms with Crippen molar-refractivity contribution in [2.75, 3.05) is 12.9 Å². The lowest BCUT2D eigenvalue weighted by atomic mass is 10.3. The molecule has 2 N–H and O–H groups in total. The van der Waals surface area contributed by atoms with E-state index in [1.165, 1.54) is 0 Å². The van der Waals surface area contributed by atoms with Gasteiger partial charge in [0.25, 0.3) is 0 Å². The molecule has 0 spiro atoms. The molecule has 0 saturated heterocycles. The van der Waals surface area contributed by atoms with E-state index in [9.17, 15) is 0 Å². The Balaban J connectivity index is 2.64. The minimum Gasteiger partial charge on any atom is -0.491 e. The first kappa shape index (κ1) is 10.4. The Bertz CT molecular complexity index is 263. The maximum atomic E-state index is 5.60. The van der Waals surface area contributed by atoms with Crippen molar-refractivity contribution in [3.63, 3.8) is 0 Å². The quantitative estimate of drug-likeness (QED) is 0.751. The van der Waals surface area contributed by atoms with Crippen LogP contribution in [-0.4, -0.2) is 18.9 Å². The van der Waals surface area contributed by atoms with Crippen LogP contribution in [0.1, 0.15) is 6.92 Å². The predicted octanol–water partition coefficient (Wildman–Crippen LogP) is 2.13. The molecule has 0 aliphatic carbocycles. The van der Waals surface area contributed by atoms with E-state index < -0.39 is 0 Å². The second-order valence-corrected chi connectivity index (χ2v) is 3.79. The predicted molar refractivity (Wildman–Crippen MR) is 57.4 cm³/mol. The first-order valence-electron chi connectivity index (χ1n) is 4.25. The normalized spacial score (nSPS) is 12.5. The third-order valence-corrected chi connectivity index (χ3v) is 2.35. The van der Waals surface area contributed by atoms with Crippen LogP contribution in [0.3, 0.4) is 0 Å². The van der Waals surface area contributed by atoms with E-state index >= 15 is 0 Å². The molecule has 1 aromatic rings. The lowest BCUT2D eigenvalue weighted by molar-refractivity contribution is 0.290. The molecule has 3 heteroatoms. The van der Waals surface area contributed by atoms with Crippen molar-refractivity contribution >= 4 is 11.8 Å². The lowest BCUT2D eigenvalue weighted by Gasteiger charge is -2.11. The summed E-state index contributed by atoms with van der Waals surface area (Å²) in [5.41, 5.74) is 5.60. The van der Waals surface area contributed by atoms with E-state index in [0.717, 1.165) is 10.6 Å². The average molecular weight is 197 g/mol. The molecule has 1 atom stereocenters. The van der Waals surface area contributed by atoms with Gasteiger partial charge < -0.3 is 10.5 Å². The van der Waals surface area contributed by atoms with Crippen LogP contribution in [0.5, 0.6) is 5.75 Å². The van der Waals surface area contributed by atoms with Crippen molar-refractivity contribution in [2.24, 2.45) is 5.73 Å². The standard InChI is InChI=1S/C10H15NOS/c1-8(11)7-12-9-5-3-4-6-10(9)13-2/h3-6,8H,7,11H2,1-2H3. The largest absolute Gasteiger partial charge is 0.491 e. The number of nitrogens with two attached hydrogens (primary N) is 1. The van der Waals surface area contributed by atoms with Gasteiger partial charge >= 0.3 is 0 Å². The van der Waals surface area contributed by atoms with Gasteiger partial charge in [-0.2, -0.15) is 0 Å². The van der Waals surface area contributed by atoms with E-state index in [4.69, 9.17) is 10.5 Å². The molecule has 13 heavy (non-hydrogen) atoms. The zero-order valence-electron chi connectivity index (χ0n) is 7.99. The summed E-state index contributed by atoms with van der Waals surface area (Å²) in [6.45, 7) is 2.50. The molecule has 0 radical (unpaired) electrons. The van der Waals surface area contributed by atoms with Crippen molar-refractivity contribution in [3.05, 3.63) is 24.3 Å². The molecule has 0 amide bonds. The highest BCUT2D eigenvalue weighted by Gasteiger charge is 2.01. The van der Waals surface area contributed by atoms with E-state index in [0.29, 0.717) is 6.61 Å². The molecule has 1 unspecified atom stereocenters. The van der Waals surface area contributed by atoms with Crippen molar-refractivity contribution in [1.29, 1.82) is 0 Å². The van der Waals surface area contributed by atoms with Crippen molar-refractivity contribution in [1.82, 2.24) is 0 Å². The average Bonchev–Trinajstić information content (AvgIpc) is 2.15. The van der Waals surface area contributed by atoms with Gasteiger partial charge in [0.05, 0.1) is 0 Å². The Morgan fingerprint density at radius 3 is 2.77 bits per heavy atom. The summed E-state index contributed by atoms with van der Waals surface area (Å²) in [6.07, 6.45) is 2.04. The minimum absolute atomic E-state index is 0.0786. The molecule has 72 valence electrons. The number of thioether (sulfide) groups is 1. The Hall–Kier alpha value is -0.670. The Labute approximate surface area is 83.5 Å². The lowest BCUT2D eigenvalue weighted by Crippen LogP contribution is -2.23. The fourth-order valence-corrected chi connectivity index (χ4v) is 1.50. The summed E-state index contributed by atoms with van der Waals surface area (Å²) in [6, 6.07) is 8.06. The summed E-state index contributed by atoms with van der Waals surface area (Å²) >= 11 is 1.68. The van der Waals surface area contributed by atoms with Crippen LogP contribution in [0, 0.1) is 0 Å². The van der Waals surface area contributed by atoms with E-state index in [2.05, 4.69) is 0 Å². The summed E-state index contributed by atoms with van der Waals surface area (Å²) < 4.78 is 5.54. The summed E-state index contributed by atoms with van der Waals surface area (Å²) in [5, 5.41) is 0. The van der Waals surface area contributed by atoms with Crippen molar-refractivity contribution in [3.8, 4) is 5.75 Å². The van der Waals surface area contributed by atoms with Gasteiger partial charge in [0, 0.05) is 10.9 Å². The number of benzene rings is 1. The summed E-state index contributed by atoms with van der Waals surface area (Å²) in [7, 11) is 0. The highest BCUT2D eigenvalue weighted by molar-refractivity contribution is 7.98. The molecular weight excluding hydrogens is 182 g/mol. The molecular formula is C10H15NOS. The van der Waals surface area contributed by atoms with Crippen LogP contribution in [0.25, 0.3) is 0 Å². The first-order valence-corrected chi connectivity index (χ1v) is 5.48. The molecule has 1 aromatic carbocycles. The third kappa shape index (κ3) is 3.28. The van der Waals surface area contributed by atoms with Crippen LogP contribution in [0.2, 0.25) is 0 Å². The zero-order chi connectivity index (χ0) is 9.68. The zero-order valence-corrected chi connectivity index (χ0v) is 8.80. The first-order chi connectivity index (χ1) is 6.24. The minimum atomic E-state index is 0.0786. The highest BCUT2D eigenvalue weighted by atomic mass is 32.2. The Kier molecular flexibility index (Phi) is 4.12. The Morgan fingerprint density at radius 1 is 1.46 bits per heavy atom. The number of ether oxygens (including phenoxy) is 1. The fraction of sp³-hybridized carbons (Fsp3) is 0.400. The fourth-order valence-electron chi connectivity index (χ4n) is 0.959. The van der Waals surface area contributed by atoms with Gasteiger partial charge in [0.15, 0.2) is 0 Å². The number of para-hydroxylation sites is 1. The maximum Gasteiger partial charge on any atom is 0.132 e. The van der Waals surface area contributed by atoms with Crippen LogP contribution >= 0.6 is 11.8 Å². The second kappa shape index (κ2) is 5.14. The summed E-state index contributed by atoms with van der Waals surface area (Å²) in [5.74, 6) is 0.923. The van der Waals surface area contributed by atoms with E-state index in [-0.39, 0.29) is 6.04 Å². The van der Waals surface area contributed by atoms with Crippen molar-refractivity contribution < 1.29 is 4.74 Å². The molecule has 0 aliphatic rings. The highest BCUT2D eigenvalue weighted by Crippen LogP contribution is 2.26. The second-order valence-electron chi connectivity index (χ2n) is 2.94. The van der Waals surface area contributed by atoms with Gasteiger partial charge in [0.2, 0.25) is 0 Å². The molecule has 0 bridgehead atoms. The molecule has 2 nitrogen and oxygen atoms in total. The molecule has 0 saturated carbocycles. The molecule has 0 fully saturated rings. The van der Waals surface area contributed by atoms with Gasteiger partial charge in [-0.1, -0.05) is 12.1 Å². The molecule has 1 rings (SSSR count). The van der Waals surface area contributed by atoms with Crippen LogP contribution in [-0.2, 0) is 0 Å². The molecule has 0 aliphatic heterocycles. The van der Waals surface area contributed by atoms with E-state index in [1.807, 2.05) is 37.4 Å².